The summed E-state index contributed by atoms with van der Waals surface area (Å²) in [7, 11) is 0. The Balaban J connectivity index is 1.94. The van der Waals surface area contributed by atoms with E-state index in [0.717, 1.165) is 25.0 Å². The molecule has 6 heteroatoms. The molecule has 1 atom stereocenters. The minimum atomic E-state index is -1.08. The Morgan fingerprint density at radius 1 is 1.40 bits per heavy atom. The van der Waals surface area contributed by atoms with Gasteiger partial charge in [-0.3, -0.25) is 9.78 Å². The third kappa shape index (κ3) is 3.16. The van der Waals surface area contributed by atoms with Crippen molar-refractivity contribution in [2.75, 3.05) is 6.54 Å². The van der Waals surface area contributed by atoms with Gasteiger partial charge in [-0.1, -0.05) is 13.0 Å². The molecule has 0 saturated heterocycles. The molecule has 1 amide bonds. The van der Waals surface area contributed by atoms with Crippen molar-refractivity contribution in [3.63, 3.8) is 0 Å². The van der Waals surface area contributed by atoms with Crippen LogP contribution in [0.3, 0.4) is 0 Å². The highest BCUT2D eigenvalue weighted by molar-refractivity contribution is 5.96. The summed E-state index contributed by atoms with van der Waals surface area (Å²) in [6.07, 6.45) is 4.98. The van der Waals surface area contributed by atoms with Gasteiger partial charge in [0.1, 0.15) is 11.3 Å². The van der Waals surface area contributed by atoms with Crippen molar-refractivity contribution < 1.29 is 19.1 Å². The quantitative estimate of drug-likeness (QED) is 0.899. The van der Waals surface area contributed by atoms with Crippen LogP contribution in [0, 0.1) is 0 Å². The summed E-state index contributed by atoms with van der Waals surface area (Å²) in [6, 6.07) is 5.20. The fourth-order valence-corrected chi connectivity index (χ4v) is 3.51. The van der Waals surface area contributed by atoms with Gasteiger partial charge in [0.2, 0.25) is 0 Å². The molecule has 25 heavy (non-hydrogen) atoms. The van der Waals surface area contributed by atoms with Gasteiger partial charge in [0.15, 0.2) is 5.76 Å². The van der Waals surface area contributed by atoms with Crippen LogP contribution in [0.4, 0.5) is 0 Å². The molecule has 0 bridgehead atoms. The Morgan fingerprint density at radius 2 is 2.20 bits per heavy atom. The lowest BCUT2D eigenvalue weighted by molar-refractivity contribution is 0.0629. The van der Waals surface area contributed by atoms with Gasteiger partial charge in [-0.25, -0.2) is 4.79 Å². The van der Waals surface area contributed by atoms with Gasteiger partial charge in [0.05, 0.1) is 11.7 Å². The number of amides is 1. The predicted molar refractivity (Wildman–Crippen MR) is 91.7 cm³/mol. The number of carboxylic acids is 1. The third-order valence-corrected chi connectivity index (χ3v) is 4.71. The summed E-state index contributed by atoms with van der Waals surface area (Å²) < 4.78 is 5.56. The third-order valence-electron chi connectivity index (χ3n) is 4.71. The van der Waals surface area contributed by atoms with Crippen molar-refractivity contribution in [2.24, 2.45) is 0 Å². The molecule has 1 unspecified atom stereocenters. The van der Waals surface area contributed by atoms with Crippen molar-refractivity contribution in [2.45, 2.75) is 45.6 Å². The highest BCUT2D eigenvalue weighted by atomic mass is 16.4. The molecule has 0 saturated carbocycles. The van der Waals surface area contributed by atoms with E-state index < -0.39 is 5.97 Å². The molecule has 6 nitrogen and oxygen atoms in total. The Hall–Kier alpha value is -2.63. The summed E-state index contributed by atoms with van der Waals surface area (Å²) in [6.45, 7) is 4.22. The molecular weight excluding hydrogens is 320 g/mol. The van der Waals surface area contributed by atoms with Gasteiger partial charge >= 0.3 is 5.97 Å². The normalized spacial score (nSPS) is 16.3. The average molecular weight is 342 g/mol. The zero-order valence-corrected chi connectivity index (χ0v) is 14.5. The highest BCUT2D eigenvalue weighted by Crippen LogP contribution is 2.34. The van der Waals surface area contributed by atoms with Gasteiger partial charge in [0.25, 0.3) is 5.91 Å². The fraction of sp³-hybridized carbons (Fsp3) is 0.421. The molecule has 2 aromatic heterocycles. The number of carboxylic acid groups (broad SMARTS) is 1. The number of nitrogens with zero attached hydrogens (tertiary/aromatic N) is 2. The first-order chi connectivity index (χ1) is 12.1. The number of hydrogen-bond acceptors (Lipinski definition) is 4. The van der Waals surface area contributed by atoms with E-state index in [2.05, 4.69) is 11.1 Å². The largest absolute Gasteiger partial charge is 0.478 e. The minimum Gasteiger partial charge on any atom is -0.478 e. The molecule has 0 fully saturated rings. The Labute approximate surface area is 146 Å². The van der Waals surface area contributed by atoms with E-state index >= 15 is 0 Å². The van der Waals surface area contributed by atoms with Gasteiger partial charge in [-0.2, -0.15) is 0 Å². The second-order valence-corrected chi connectivity index (χ2v) is 6.15. The molecule has 3 rings (SSSR count). The molecule has 132 valence electrons. The van der Waals surface area contributed by atoms with E-state index in [4.69, 9.17) is 4.42 Å². The van der Waals surface area contributed by atoms with Crippen LogP contribution in [0.1, 0.15) is 70.7 Å². The Morgan fingerprint density at radius 3 is 2.84 bits per heavy atom. The number of pyridine rings is 1. The second-order valence-electron chi connectivity index (χ2n) is 6.15. The van der Waals surface area contributed by atoms with Crippen LogP contribution < -0.4 is 0 Å². The van der Waals surface area contributed by atoms with Crippen LogP contribution in [0.15, 0.2) is 28.8 Å². The van der Waals surface area contributed by atoms with Crippen molar-refractivity contribution in [3.8, 4) is 0 Å². The van der Waals surface area contributed by atoms with Gasteiger partial charge in [-0.15, -0.1) is 0 Å². The summed E-state index contributed by atoms with van der Waals surface area (Å²) >= 11 is 0. The maximum absolute atomic E-state index is 13.0. The number of carbonyl (C=O) groups excluding carboxylic acids is 1. The van der Waals surface area contributed by atoms with Crippen LogP contribution in [0.2, 0.25) is 0 Å². The summed E-state index contributed by atoms with van der Waals surface area (Å²) in [5, 5.41) is 9.27. The predicted octanol–water partition coefficient (Wildman–Crippen LogP) is 3.47. The number of fused-ring (bicyclic) bond motifs is 1. The number of carbonyl (C=O) groups is 2. The maximum Gasteiger partial charge on any atom is 0.339 e. The lowest BCUT2D eigenvalue weighted by atomic mass is 9.90. The molecule has 0 radical (unpaired) electrons. The van der Waals surface area contributed by atoms with Crippen molar-refractivity contribution in [3.05, 3.63) is 52.7 Å². The fourth-order valence-electron chi connectivity index (χ4n) is 3.51. The molecule has 1 aliphatic rings. The van der Waals surface area contributed by atoms with Gasteiger partial charge < -0.3 is 14.4 Å². The zero-order valence-electron chi connectivity index (χ0n) is 14.5. The lowest BCUT2D eigenvalue weighted by Gasteiger charge is -2.33. The summed E-state index contributed by atoms with van der Waals surface area (Å²) in [5.74, 6) is -0.950. The number of furan rings is 1. The lowest BCUT2D eigenvalue weighted by Crippen LogP contribution is -2.36. The highest BCUT2D eigenvalue weighted by Gasteiger charge is 2.32. The molecular formula is C19H22N2O4. The van der Waals surface area contributed by atoms with E-state index in [-0.39, 0.29) is 23.3 Å². The maximum atomic E-state index is 13.0. The molecule has 1 aliphatic carbocycles. The van der Waals surface area contributed by atoms with Gasteiger partial charge in [-0.05, 0) is 37.8 Å². The van der Waals surface area contributed by atoms with Crippen LogP contribution in [-0.4, -0.2) is 33.4 Å². The summed E-state index contributed by atoms with van der Waals surface area (Å²) in [4.78, 5) is 30.6. The molecule has 0 spiro atoms. The second kappa shape index (κ2) is 7.09. The molecule has 2 heterocycles. The van der Waals surface area contributed by atoms with E-state index in [1.807, 2.05) is 13.0 Å². The number of aryl methyl sites for hydroxylation is 2. The number of hydrogen-bond donors (Lipinski definition) is 1. The number of rotatable bonds is 5. The molecule has 2 aromatic rings. The SMILES string of the molecule is CCc1oc(C(=O)N(CC)C2CCCc3cccnc32)cc1C(=O)O. The Kier molecular flexibility index (Phi) is 4.88. The Bertz CT molecular complexity index is 796. The first kappa shape index (κ1) is 17.2. The van der Waals surface area contributed by atoms with Crippen molar-refractivity contribution >= 4 is 11.9 Å². The number of aromatic carboxylic acids is 1. The standard InChI is InChI=1S/C19H22N2O4/c1-3-15-13(19(23)24)11-16(25-15)18(22)21(4-2)14-9-5-7-12-8-6-10-20-17(12)14/h6,8,10-11,14H,3-5,7,9H2,1-2H3,(H,23,24). The van der Waals surface area contributed by atoms with Crippen LogP contribution in [0.5, 0.6) is 0 Å². The first-order valence-corrected chi connectivity index (χ1v) is 8.67. The molecule has 1 N–H and O–H groups in total. The van der Waals surface area contributed by atoms with Crippen LogP contribution in [0.25, 0.3) is 0 Å². The van der Waals surface area contributed by atoms with Gasteiger partial charge in [0, 0.05) is 25.2 Å². The molecule has 0 aliphatic heterocycles. The van der Waals surface area contributed by atoms with Crippen LogP contribution in [-0.2, 0) is 12.8 Å². The van der Waals surface area contributed by atoms with Crippen LogP contribution >= 0.6 is 0 Å². The summed E-state index contributed by atoms with van der Waals surface area (Å²) in [5.41, 5.74) is 2.17. The monoisotopic (exact) mass is 342 g/mol. The minimum absolute atomic E-state index is 0.0593. The smallest absolute Gasteiger partial charge is 0.339 e. The average Bonchev–Trinajstić information content (AvgIpc) is 3.07. The zero-order chi connectivity index (χ0) is 18.0. The van der Waals surface area contributed by atoms with E-state index in [1.165, 1.54) is 11.6 Å². The van der Waals surface area contributed by atoms with E-state index in [0.29, 0.717) is 18.7 Å². The van der Waals surface area contributed by atoms with Crippen molar-refractivity contribution in [1.29, 1.82) is 0 Å². The van der Waals surface area contributed by atoms with E-state index in [9.17, 15) is 14.7 Å². The topological polar surface area (TPSA) is 83.6 Å². The van der Waals surface area contributed by atoms with E-state index in [1.54, 1.807) is 18.0 Å². The number of aromatic nitrogens is 1. The first-order valence-electron chi connectivity index (χ1n) is 8.67. The van der Waals surface area contributed by atoms with Crippen molar-refractivity contribution in [1.82, 2.24) is 9.88 Å². The molecule has 0 aromatic carbocycles.